The number of hydrogen-bond acceptors (Lipinski definition) is 5. The number of imidazole rings is 1. The summed E-state index contributed by atoms with van der Waals surface area (Å²) in [4.78, 5) is 21.3. The number of carbonyl (C=O) groups is 1. The Bertz CT molecular complexity index is 1260. The van der Waals surface area contributed by atoms with Gasteiger partial charge < -0.3 is 9.64 Å². The van der Waals surface area contributed by atoms with Crippen molar-refractivity contribution in [3.8, 4) is 0 Å². The summed E-state index contributed by atoms with van der Waals surface area (Å²) in [6, 6.07) is 24.6. The van der Waals surface area contributed by atoms with Crippen LogP contribution in [-0.2, 0) is 4.74 Å². The maximum Gasteiger partial charge on any atom is 0.409 e. The van der Waals surface area contributed by atoms with Gasteiger partial charge in [-0.25, -0.2) is 9.78 Å². The van der Waals surface area contributed by atoms with Crippen molar-refractivity contribution in [1.29, 1.82) is 0 Å². The Morgan fingerprint density at radius 3 is 2.43 bits per heavy atom. The minimum absolute atomic E-state index is 0.118. The van der Waals surface area contributed by atoms with Crippen molar-refractivity contribution in [2.24, 2.45) is 0 Å². The molecule has 2 aromatic heterocycles. The third-order valence-corrected chi connectivity index (χ3v) is 7.37. The SMILES string of the molecule is O=C(OCCSc1ncc2ccccn12)N1CCN(C(c2ccccc2)c2ccc(Cl)cc2)CC1. The zero-order valence-corrected chi connectivity index (χ0v) is 20.9. The van der Waals surface area contributed by atoms with Crippen LogP contribution < -0.4 is 0 Å². The molecule has 35 heavy (non-hydrogen) atoms. The summed E-state index contributed by atoms with van der Waals surface area (Å²) in [5, 5.41) is 1.63. The smallest absolute Gasteiger partial charge is 0.409 e. The highest BCUT2D eigenvalue weighted by molar-refractivity contribution is 7.99. The van der Waals surface area contributed by atoms with Crippen LogP contribution in [0.15, 0.2) is 90.3 Å². The molecular formula is C27H27ClN4O2S. The molecule has 1 atom stereocenters. The highest BCUT2D eigenvalue weighted by Crippen LogP contribution is 2.30. The van der Waals surface area contributed by atoms with E-state index in [1.165, 1.54) is 11.1 Å². The van der Waals surface area contributed by atoms with Gasteiger partial charge in [0.1, 0.15) is 6.61 Å². The lowest BCUT2D eigenvalue weighted by atomic mass is 9.96. The molecule has 5 rings (SSSR count). The lowest BCUT2D eigenvalue weighted by Crippen LogP contribution is -2.50. The van der Waals surface area contributed by atoms with Gasteiger partial charge in [-0.3, -0.25) is 9.30 Å². The maximum atomic E-state index is 12.7. The van der Waals surface area contributed by atoms with Crippen LogP contribution in [0.2, 0.25) is 5.02 Å². The second kappa shape index (κ2) is 11.2. The molecule has 3 heterocycles. The van der Waals surface area contributed by atoms with E-state index in [0.717, 1.165) is 28.8 Å². The maximum absolute atomic E-state index is 12.7. The Balaban J connectivity index is 1.14. The number of halogens is 1. The van der Waals surface area contributed by atoms with E-state index < -0.39 is 0 Å². The van der Waals surface area contributed by atoms with Crippen LogP contribution in [0.4, 0.5) is 4.79 Å². The monoisotopic (exact) mass is 506 g/mol. The van der Waals surface area contributed by atoms with E-state index in [0.29, 0.717) is 25.4 Å². The van der Waals surface area contributed by atoms with Gasteiger partial charge in [0.2, 0.25) is 0 Å². The largest absolute Gasteiger partial charge is 0.449 e. The van der Waals surface area contributed by atoms with Gasteiger partial charge >= 0.3 is 6.09 Å². The topological polar surface area (TPSA) is 50.1 Å². The fourth-order valence-electron chi connectivity index (χ4n) is 4.44. The van der Waals surface area contributed by atoms with Gasteiger partial charge in [-0.15, -0.1) is 0 Å². The number of aromatic nitrogens is 2. The van der Waals surface area contributed by atoms with Crippen molar-refractivity contribution in [3.63, 3.8) is 0 Å². The number of hydrogen-bond donors (Lipinski definition) is 0. The van der Waals surface area contributed by atoms with Gasteiger partial charge in [0.15, 0.2) is 5.16 Å². The van der Waals surface area contributed by atoms with E-state index >= 15 is 0 Å². The normalized spacial score (nSPS) is 15.3. The first-order valence-electron chi connectivity index (χ1n) is 11.7. The summed E-state index contributed by atoms with van der Waals surface area (Å²) in [6.07, 6.45) is 3.59. The van der Waals surface area contributed by atoms with Crippen LogP contribution in [0.3, 0.4) is 0 Å². The first kappa shape index (κ1) is 23.7. The number of rotatable bonds is 7. The summed E-state index contributed by atoms with van der Waals surface area (Å²) in [5.41, 5.74) is 3.48. The number of piperazine rings is 1. The highest BCUT2D eigenvalue weighted by atomic mass is 35.5. The van der Waals surface area contributed by atoms with Crippen LogP contribution in [0.5, 0.6) is 0 Å². The van der Waals surface area contributed by atoms with Gasteiger partial charge in [-0.2, -0.15) is 0 Å². The van der Waals surface area contributed by atoms with Crippen LogP contribution in [0, 0.1) is 0 Å². The molecule has 4 aromatic rings. The molecule has 0 radical (unpaired) electrons. The average molecular weight is 507 g/mol. The van der Waals surface area contributed by atoms with Crippen LogP contribution in [0.25, 0.3) is 5.52 Å². The van der Waals surface area contributed by atoms with E-state index in [9.17, 15) is 4.79 Å². The van der Waals surface area contributed by atoms with Gasteiger partial charge in [-0.05, 0) is 35.4 Å². The number of amides is 1. The lowest BCUT2D eigenvalue weighted by molar-refractivity contribution is 0.0720. The molecule has 1 aliphatic rings. The van der Waals surface area contributed by atoms with E-state index in [2.05, 4.69) is 46.3 Å². The van der Waals surface area contributed by atoms with Crippen molar-refractivity contribution in [2.75, 3.05) is 38.5 Å². The van der Waals surface area contributed by atoms with Crippen LogP contribution >= 0.6 is 23.4 Å². The second-order valence-electron chi connectivity index (χ2n) is 8.39. The molecule has 0 bridgehead atoms. The summed E-state index contributed by atoms with van der Waals surface area (Å²) in [6.45, 7) is 3.16. The Morgan fingerprint density at radius 2 is 1.66 bits per heavy atom. The molecule has 1 amide bonds. The molecule has 1 unspecified atom stereocenters. The second-order valence-corrected chi connectivity index (χ2v) is 9.89. The number of thioether (sulfide) groups is 1. The Morgan fingerprint density at radius 1 is 0.943 bits per heavy atom. The van der Waals surface area contributed by atoms with Gasteiger partial charge in [0, 0.05) is 43.2 Å². The molecule has 0 spiro atoms. The van der Waals surface area contributed by atoms with Gasteiger partial charge in [0.05, 0.1) is 17.8 Å². The van der Waals surface area contributed by atoms with Crippen molar-refractivity contribution < 1.29 is 9.53 Å². The molecule has 8 heteroatoms. The van der Waals surface area contributed by atoms with Crippen LogP contribution in [-0.4, -0.2) is 63.8 Å². The predicted octanol–water partition coefficient (Wildman–Crippen LogP) is 5.62. The summed E-state index contributed by atoms with van der Waals surface area (Å²) in [5.74, 6) is 0.659. The minimum atomic E-state index is -0.249. The average Bonchev–Trinajstić information content (AvgIpc) is 3.32. The molecule has 1 saturated heterocycles. The Hall–Kier alpha value is -3.00. The molecule has 0 saturated carbocycles. The lowest BCUT2D eigenvalue weighted by Gasteiger charge is -2.39. The fraction of sp³-hybridized carbons (Fsp3) is 0.259. The number of nitrogens with zero attached hydrogens (tertiary/aromatic N) is 4. The standard InChI is InChI=1S/C27H27ClN4O2S/c28-23-11-9-22(10-12-23)25(21-6-2-1-3-7-21)30-14-16-31(17-15-30)27(33)34-18-19-35-26-29-20-24-8-4-5-13-32(24)26/h1-13,20,25H,14-19H2. The molecule has 0 aliphatic carbocycles. The van der Waals surface area contributed by atoms with E-state index in [4.69, 9.17) is 16.3 Å². The summed E-state index contributed by atoms with van der Waals surface area (Å²) in [7, 11) is 0. The quantitative estimate of drug-likeness (QED) is 0.240. The number of pyridine rings is 1. The molecule has 0 N–H and O–H groups in total. The first-order valence-corrected chi connectivity index (χ1v) is 13.1. The van der Waals surface area contributed by atoms with E-state index in [-0.39, 0.29) is 12.1 Å². The van der Waals surface area contributed by atoms with Crippen molar-refractivity contribution in [2.45, 2.75) is 11.2 Å². The van der Waals surface area contributed by atoms with Crippen molar-refractivity contribution in [3.05, 3.63) is 101 Å². The van der Waals surface area contributed by atoms with Crippen LogP contribution in [0.1, 0.15) is 17.2 Å². The van der Waals surface area contributed by atoms with Crippen molar-refractivity contribution >= 4 is 35.0 Å². The number of ether oxygens (including phenoxy) is 1. The zero-order valence-electron chi connectivity index (χ0n) is 19.3. The Labute approximate surface area is 214 Å². The third kappa shape index (κ3) is 5.64. The third-order valence-electron chi connectivity index (χ3n) is 6.18. The molecular weight excluding hydrogens is 480 g/mol. The number of fused-ring (bicyclic) bond motifs is 1. The summed E-state index contributed by atoms with van der Waals surface area (Å²) < 4.78 is 7.60. The fourth-order valence-corrected chi connectivity index (χ4v) is 5.34. The molecule has 1 fully saturated rings. The zero-order chi connectivity index (χ0) is 24.0. The molecule has 2 aromatic carbocycles. The predicted molar refractivity (Wildman–Crippen MR) is 140 cm³/mol. The molecule has 180 valence electrons. The van der Waals surface area contributed by atoms with Crippen molar-refractivity contribution in [1.82, 2.24) is 19.2 Å². The number of carbonyl (C=O) groups excluding carboxylic acids is 1. The van der Waals surface area contributed by atoms with E-state index in [1.54, 1.807) is 16.7 Å². The molecule has 1 aliphatic heterocycles. The van der Waals surface area contributed by atoms with E-state index in [1.807, 2.05) is 53.2 Å². The Kier molecular flexibility index (Phi) is 7.57. The first-order chi connectivity index (χ1) is 17.2. The van der Waals surface area contributed by atoms with Gasteiger partial charge in [0.25, 0.3) is 0 Å². The highest BCUT2D eigenvalue weighted by Gasteiger charge is 2.28. The summed E-state index contributed by atoms with van der Waals surface area (Å²) >= 11 is 7.72. The molecule has 6 nitrogen and oxygen atoms in total. The number of benzene rings is 2. The van der Waals surface area contributed by atoms with Gasteiger partial charge in [-0.1, -0.05) is 71.9 Å². The minimum Gasteiger partial charge on any atom is -0.449 e.